The molecule has 4 heteroatoms. The molecule has 0 radical (unpaired) electrons. The van der Waals surface area contributed by atoms with Gasteiger partial charge in [-0.2, -0.15) is 0 Å². The minimum Gasteiger partial charge on any atom is -0.458 e. The average molecular weight is 354 g/mol. The van der Waals surface area contributed by atoms with E-state index >= 15 is 0 Å². The van der Waals surface area contributed by atoms with Gasteiger partial charge in [-0.15, -0.1) is 0 Å². The summed E-state index contributed by atoms with van der Waals surface area (Å²) < 4.78 is 11.1. The van der Waals surface area contributed by atoms with Crippen LogP contribution in [0.1, 0.15) is 50.3 Å². The van der Waals surface area contributed by atoms with Gasteiger partial charge in [0.15, 0.2) is 0 Å². The number of esters is 1. The Morgan fingerprint density at radius 1 is 0.962 bits per heavy atom. The second-order valence-electron chi connectivity index (χ2n) is 6.40. The van der Waals surface area contributed by atoms with E-state index in [0.29, 0.717) is 25.9 Å². The van der Waals surface area contributed by atoms with Crippen molar-refractivity contribution in [3.8, 4) is 0 Å². The number of hydrogen-bond donors (Lipinski definition) is 0. The van der Waals surface area contributed by atoms with Gasteiger partial charge in [-0.05, 0) is 24.5 Å². The smallest absolute Gasteiger partial charge is 0.303 e. The molecule has 0 bridgehead atoms. The summed E-state index contributed by atoms with van der Waals surface area (Å²) in [7, 11) is 0. The van der Waals surface area contributed by atoms with Crippen LogP contribution in [0.5, 0.6) is 0 Å². The van der Waals surface area contributed by atoms with E-state index in [-0.39, 0.29) is 17.9 Å². The molecular weight excluding hydrogens is 328 g/mol. The molecule has 0 amide bonds. The molecule has 0 unspecified atom stereocenters. The summed E-state index contributed by atoms with van der Waals surface area (Å²) in [5.74, 6) is -0.232. The van der Waals surface area contributed by atoms with Crippen LogP contribution < -0.4 is 0 Å². The molecule has 0 saturated carbocycles. The molecule has 0 fully saturated rings. The van der Waals surface area contributed by atoms with E-state index in [1.807, 2.05) is 67.6 Å². The largest absolute Gasteiger partial charge is 0.458 e. The molecule has 0 saturated heterocycles. The monoisotopic (exact) mass is 354 g/mol. The first-order valence-electron chi connectivity index (χ1n) is 8.94. The Balaban J connectivity index is 1.79. The van der Waals surface area contributed by atoms with E-state index in [1.54, 1.807) is 0 Å². The Kier molecular flexibility index (Phi) is 8.03. The molecule has 2 aromatic rings. The van der Waals surface area contributed by atoms with Crippen LogP contribution in [0.25, 0.3) is 0 Å². The summed E-state index contributed by atoms with van der Waals surface area (Å²) in [4.78, 5) is 23.6. The summed E-state index contributed by atoms with van der Waals surface area (Å²) in [5.41, 5.74) is 2.00. The second-order valence-corrected chi connectivity index (χ2v) is 6.40. The van der Waals surface area contributed by atoms with Crippen LogP contribution in [0.3, 0.4) is 0 Å². The maximum atomic E-state index is 12.3. The summed E-state index contributed by atoms with van der Waals surface area (Å²) in [5, 5.41) is 0. The Labute approximate surface area is 155 Å². The third-order valence-electron chi connectivity index (χ3n) is 4.06. The first kappa shape index (κ1) is 19.9. The maximum absolute atomic E-state index is 12.3. The van der Waals surface area contributed by atoms with Gasteiger partial charge in [-0.3, -0.25) is 9.59 Å². The van der Waals surface area contributed by atoms with Gasteiger partial charge in [0.25, 0.3) is 0 Å². The molecule has 0 N–H and O–H groups in total. The highest BCUT2D eigenvalue weighted by Crippen LogP contribution is 2.23. The minimum atomic E-state index is -0.391. The van der Waals surface area contributed by atoms with Crippen molar-refractivity contribution in [3.63, 3.8) is 0 Å². The molecular formula is C22H26O4. The maximum Gasteiger partial charge on any atom is 0.303 e. The minimum absolute atomic E-state index is 0.110. The van der Waals surface area contributed by atoms with Crippen molar-refractivity contribution in [1.29, 1.82) is 0 Å². The fourth-order valence-electron chi connectivity index (χ4n) is 2.75. The van der Waals surface area contributed by atoms with E-state index < -0.39 is 6.10 Å². The SMILES string of the molecule is CC(=O)O[C@H](CCC(=O)C[C@@H](C)OCc1ccccc1)c1ccccc1. The van der Waals surface area contributed by atoms with Crippen molar-refractivity contribution in [1.82, 2.24) is 0 Å². The Morgan fingerprint density at radius 3 is 2.19 bits per heavy atom. The fourth-order valence-corrected chi connectivity index (χ4v) is 2.75. The molecule has 2 aromatic carbocycles. The van der Waals surface area contributed by atoms with E-state index in [2.05, 4.69) is 0 Å². The van der Waals surface area contributed by atoms with Crippen LogP contribution in [-0.2, 0) is 25.7 Å². The molecule has 26 heavy (non-hydrogen) atoms. The lowest BCUT2D eigenvalue weighted by Gasteiger charge is -2.18. The zero-order chi connectivity index (χ0) is 18.8. The van der Waals surface area contributed by atoms with Gasteiger partial charge in [-0.1, -0.05) is 60.7 Å². The normalized spacial score (nSPS) is 13.0. The third kappa shape index (κ3) is 7.19. The van der Waals surface area contributed by atoms with Gasteiger partial charge >= 0.3 is 5.97 Å². The van der Waals surface area contributed by atoms with Crippen LogP contribution in [-0.4, -0.2) is 17.9 Å². The van der Waals surface area contributed by atoms with Crippen LogP contribution in [0.4, 0.5) is 0 Å². The topological polar surface area (TPSA) is 52.6 Å². The van der Waals surface area contributed by atoms with Gasteiger partial charge in [-0.25, -0.2) is 0 Å². The van der Waals surface area contributed by atoms with E-state index in [9.17, 15) is 9.59 Å². The molecule has 2 atom stereocenters. The number of Topliss-reactive ketones (excluding diaryl/α,β-unsaturated/α-hetero) is 1. The predicted molar refractivity (Wildman–Crippen MR) is 101 cm³/mol. The zero-order valence-corrected chi connectivity index (χ0v) is 15.4. The third-order valence-corrected chi connectivity index (χ3v) is 4.06. The van der Waals surface area contributed by atoms with Crippen molar-refractivity contribution in [2.45, 2.75) is 51.9 Å². The number of ether oxygens (including phenoxy) is 2. The van der Waals surface area contributed by atoms with Crippen molar-refractivity contribution in [3.05, 3.63) is 71.8 Å². The lowest BCUT2D eigenvalue weighted by Crippen LogP contribution is -2.16. The van der Waals surface area contributed by atoms with Crippen LogP contribution in [0, 0.1) is 0 Å². The molecule has 4 nitrogen and oxygen atoms in total. The van der Waals surface area contributed by atoms with E-state index in [0.717, 1.165) is 11.1 Å². The standard InChI is InChI=1S/C22H26O4/c1-17(25-16-19-9-5-3-6-10-19)15-21(24)13-14-22(26-18(2)23)20-11-7-4-8-12-20/h3-12,17,22H,13-16H2,1-2H3/t17-,22-/m1/s1. The number of rotatable bonds is 10. The summed E-state index contributed by atoms with van der Waals surface area (Å²) in [6.07, 6.45) is 0.651. The van der Waals surface area contributed by atoms with E-state index in [4.69, 9.17) is 9.47 Å². The Morgan fingerprint density at radius 2 is 1.58 bits per heavy atom. The van der Waals surface area contributed by atoms with Crippen molar-refractivity contribution >= 4 is 11.8 Å². The number of carbonyl (C=O) groups excluding carboxylic acids is 2. The molecule has 0 aliphatic rings. The number of carbonyl (C=O) groups is 2. The molecule has 0 spiro atoms. The van der Waals surface area contributed by atoms with Crippen molar-refractivity contribution in [2.24, 2.45) is 0 Å². The lowest BCUT2D eigenvalue weighted by molar-refractivity contribution is -0.147. The highest BCUT2D eigenvalue weighted by molar-refractivity contribution is 5.78. The van der Waals surface area contributed by atoms with Crippen LogP contribution in [0.2, 0.25) is 0 Å². The number of ketones is 1. The Bertz CT molecular complexity index is 682. The zero-order valence-electron chi connectivity index (χ0n) is 15.4. The fraction of sp³-hybridized carbons (Fsp3) is 0.364. The number of benzene rings is 2. The van der Waals surface area contributed by atoms with Crippen molar-refractivity contribution in [2.75, 3.05) is 0 Å². The molecule has 0 aromatic heterocycles. The van der Waals surface area contributed by atoms with Crippen LogP contribution >= 0.6 is 0 Å². The molecule has 0 heterocycles. The van der Waals surface area contributed by atoms with Gasteiger partial charge in [0.05, 0.1) is 12.7 Å². The molecule has 138 valence electrons. The second kappa shape index (κ2) is 10.5. The average Bonchev–Trinajstić information content (AvgIpc) is 2.65. The van der Waals surface area contributed by atoms with Gasteiger partial charge < -0.3 is 9.47 Å². The summed E-state index contributed by atoms with van der Waals surface area (Å²) in [6, 6.07) is 19.4. The first-order valence-corrected chi connectivity index (χ1v) is 8.94. The summed E-state index contributed by atoms with van der Waals surface area (Å²) >= 11 is 0. The quantitative estimate of drug-likeness (QED) is 0.584. The van der Waals surface area contributed by atoms with Gasteiger partial charge in [0.2, 0.25) is 0 Å². The number of hydrogen-bond acceptors (Lipinski definition) is 4. The van der Waals surface area contributed by atoms with Gasteiger partial charge in [0, 0.05) is 19.8 Å². The molecule has 0 aliphatic carbocycles. The van der Waals surface area contributed by atoms with E-state index in [1.165, 1.54) is 6.92 Å². The highest BCUT2D eigenvalue weighted by Gasteiger charge is 2.17. The van der Waals surface area contributed by atoms with Gasteiger partial charge in [0.1, 0.15) is 11.9 Å². The molecule has 0 aliphatic heterocycles. The van der Waals surface area contributed by atoms with Crippen molar-refractivity contribution < 1.29 is 19.1 Å². The molecule has 2 rings (SSSR count). The predicted octanol–water partition coefficient (Wildman–Crippen LogP) is 4.64. The van der Waals surface area contributed by atoms with Crippen LogP contribution in [0.15, 0.2) is 60.7 Å². The first-order chi connectivity index (χ1) is 12.5. The summed E-state index contributed by atoms with van der Waals surface area (Å²) in [6.45, 7) is 3.79. The Hall–Kier alpha value is -2.46. The lowest BCUT2D eigenvalue weighted by atomic mass is 10.0. The highest BCUT2D eigenvalue weighted by atomic mass is 16.5.